The van der Waals surface area contributed by atoms with E-state index in [9.17, 15) is 5.11 Å². The van der Waals surface area contributed by atoms with E-state index in [0.29, 0.717) is 28.0 Å². The van der Waals surface area contributed by atoms with Crippen molar-refractivity contribution in [1.29, 1.82) is 0 Å². The molecule has 4 nitrogen and oxygen atoms in total. The molecule has 0 fully saturated rings. The number of halogens is 2. The van der Waals surface area contributed by atoms with Gasteiger partial charge >= 0.3 is 0 Å². The first-order valence-corrected chi connectivity index (χ1v) is 6.37. The van der Waals surface area contributed by atoms with Gasteiger partial charge in [-0.1, -0.05) is 23.2 Å². The van der Waals surface area contributed by atoms with Gasteiger partial charge in [-0.15, -0.1) is 0 Å². The van der Waals surface area contributed by atoms with Crippen LogP contribution in [0.2, 0.25) is 10.0 Å². The molecule has 2 rings (SSSR count). The van der Waals surface area contributed by atoms with Gasteiger partial charge in [-0.25, -0.2) is 0 Å². The van der Waals surface area contributed by atoms with Gasteiger partial charge in [0, 0.05) is 30.6 Å². The average Bonchev–Trinajstić information content (AvgIpc) is 2.74. The summed E-state index contributed by atoms with van der Waals surface area (Å²) < 4.78 is 6.68. The van der Waals surface area contributed by atoms with Crippen LogP contribution in [0, 0.1) is 0 Å². The Labute approximate surface area is 121 Å². The maximum atomic E-state index is 9.77. The zero-order valence-electron chi connectivity index (χ0n) is 10.3. The number of aliphatic hydroxyl groups is 1. The van der Waals surface area contributed by atoms with Crippen LogP contribution in [0.3, 0.4) is 0 Å². The number of nitrogens with zero attached hydrogens (tertiary/aromatic N) is 1. The zero-order valence-corrected chi connectivity index (χ0v) is 11.8. The van der Waals surface area contributed by atoms with Crippen LogP contribution in [0.4, 0.5) is 5.69 Å². The highest BCUT2D eigenvalue weighted by Gasteiger charge is 2.14. The van der Waals surface area contributed by atoms with E-state index in [4.69, 9.17) is 33.7 Å². The number of benzene rings is 1. The van der Waals surface area contributed by atoms with Crippen molar-refractivity contribution in [2.45, 2.75) is 12.8 Å². The highest BCUT2D eigenvalue weighted by Crippen LogP contribution is 2.25. The Bertz CT molecular complexity index is 584. The molecule has 1 heterocycles. The van der Waals surface area contributed by atoms with Crippen molar-refractivity contribution in [2.75, 3.05) is 12.8 Å². The van der Waals surface area contributed by atoms with E-state index in [2.05, 4.69) is 0 Å². The van der Waals surface area contributed by atoms with Crippen molar-refractivity contribution >= 4 is 28.9 Å². The molecule has 2 aromatic rings. The molecule has 0 aliphatic heterocycles. The highest BCUT2D eigenvalue weighted by atomic mass is 35.5. The van der Waals surface area contributed by atoms with Crippen LogP contribution in [-0.4, -0.2) is 16.8 Å². The minimum Gasteiger partial charge on any atom is -0.398 e. The molecule has 0 bridgehead atoms. The third kappa shape index (κ3) is 3.22. The number of aliphatic hydroxyl groups excluding tert-OH is 1. The Morgan fingerprint density at radius 1 is 1.32 bits per heavy atom. The summed E-state index contributed by atoms with van der Waals surface area (Å²) in [6.07, 6.45) is 0.673. The van der Waals surface area contributed by atoms with Crippen LogP contribution >= 0.6 is 23.2 Å². The SMILES string of the molecule is COC(O)c1cc(Cl)cn1Cc1cc(Cl)ccc1N. The monoisotopic (exact) mass is 300 g/mol. The Morgan fingerprint density at radius 3 is 2.74 bits per heavy atom. The predicted octanol–water partition coefficient (Wildman–Crippen LogP) is 3.06. The number of hydrogen-bond acceptors (Lipinski definition) is 3. The quantitative estimate of drug-likeness (QED) is 0.674. The van der Waals surface area contributed by atoms with Crippen LogP contribution in [0.1, 0.15) is 17.5 Å². The minimum absolute atomic E-state index is 0.453. The molecular formula is C13H14Cl2N2O2. The summed E-state index contributed by atoms with van der Waals surface area (Å²) in [5, 5.41) is 10.9. The summed E-state index contributed by atoms with van der Waals surface area (Å²) in [7, 11) is 1.42. The van der Waals surface area contributed by atoms with E-state index >= 15 is 0 Å². The lowest BCUT2D eigenvalue weighted by Gasteiger charge is -2.14. The summed E-state index contributed by atoms with van der Waals surface area (Å²) in [4.78, 5) is 0. The molecule has 0 spiro atoms. The van der Waals surface area contributed by atoms with Crippen LogP contribution in [0.25, 0.3) is 0 Å². The van der Waals surface area contributed by atoms with Gasteiger partial charge in [-0.05, 0) is 29.8 Å². The molecule has 19 heavy (non-hydrogen) atoms. The number of nitrogen functional groups attached to an aromatic ring is 1. The first-order chi connectivity index (χ1) is 9.01. The van der Waals surface area contributed by atoms with Crippen molar-refractivity contribution in [3.63, 3.8) is 0 Å². The molecule has 6 heteroatoms. The lowest BCUT2D eigenvalue weighted by molar-refractivity contribution is -0.0817. The van der Waals surface area contributed by atoms with E-state index in [1.165, 1.54) is 7.11 Å². The number of nitrogens with two attached hydrogens (primary N) is 1. The third-order valence-corrected chi connectivity index (χ3v) is 3.26. The first kappa shape index (κ1) is 14.2. The molecule has 1 aromatic carbocycles. The number of methoxy groups -OCH3 is 1. The largest absolute Gasteiger partial charge is 0.398 e. The van der Waals surface area contributed by atoms with Crippen LogP contribution < -0.4 is 5.73 Å². The van der Waals surface area contributed by atoms with Gasteiger partial charge in [-0.3, -0.25) is 0 Å². The number of anilines is 1. The molecule has 0 amide bonds. The Hall–Kier alpha value is -1.20. The maximum absolute atomic E-state index is 9.77. The number of rotatable bonds is 4. The van der Waals surface area contributed by atoms with Crippen LogP contribution in [-0.2, 0) is 11.3 Å². The zero-order chi connectivity index (χ0) is 14.0. The second-order valence-electron chi connectivity index (χ2n) is 4.14. The predicted molar refractivity (Wildman–Crippen MR) is 76.4 cm³/mol. The van der Waals surface area contributed by atoms with Gasteiger partial charge in [0.15, 0.2) is 6.29 Å². The molecule has 1 unspecified atom stereocenters. The highest BCUT2D eigenvalue weighted by molar-refractivity contribution is 6.31. The third-order valence-electron chi connectivity index (χ3n) is 2.82. The van der Waals surface area contributed by atoms with Crippen molar-refractivity contribution in [3.05, 3.63) is 51.8 Å². The normalized spacial score (nSPS) is 12.6. The fraction of sp³-hybridized carbons (Fsp3) is 0.231. The van der Waals surface area contributed by atoms with Crippen molar-refractivity contribution in [1.82, 2.24) is 4.57 Å². The Morgan fingerprint density at radius 2 is 2.05 bits per heavy atom. The van der Waals surface area contributed by atoms with Gasteiger partial charge < -0.3 is 20.1 Å². The van der Waals surface area contributed by atoms with E-state index < -0.39 is 6.29 Å². The van der Waals surface area contributed by atoms with Crippen molar-refractivity contribution in [3.8, 4) is 0 Å². The van der Waals surface area contributed by atoms with Crippen molar-refractivity contribution in [2.24, 2.45) is 0 Å². The minimum atomic E-state index is -1.03. The lowest BCUT2D eigenvalue weighted by Crippen LogP contribution is -2.10. The summed E-state index contributed by atoms with van der Waals surface area (Å²) in [6, 6.07) is 6.91. The molecule has 0 radical (unpaired) electrons. The van der Waals surface area contributed by atoms with Gasteiger partial charge in [-0.2, -0.15) is 0 Å². The fourth-order valence-corrected chi connectivity index (χ4v) is 2.27. The van der Waals surface area contributed by atoms with Gasteiger partial charge in [0.1, 0.15) is 0 Å². The van der Waals surface area contributed by atoms with E-state index in [-0.39, 0.29) is 0 Å². The molecule has 0 aliphatic carbocycles. The number of aromatic nitrogens is 1. The summed E-state index contributed by atoms with van der Waals surface area (Å²) in [5.41, 5.74) is 7.95. The molecule has 0 aliphatic rings. The van der Waals surface area contributed by atoms with Gasteiger partial charge in [0.2, 0.25) is 0 Å². The molecule has 1 aromatic heterocycles. The lowest BCUT2D eigenvalue weighted by atomic mass is 10.2. The first-order valence-electron chi connectivity index (χ1n) is 5.61. The van der Waals surface area contributed by atoms with Crippen LogP contribution in [0.15, 0.2) is 30.5 Å². The molecule has 102 valence electrons. The Balaban J connectivity index is 2.35. The Kier molecular flexibility index (Phi) is 4.37. The molecule has 3 N–H and O–H groups in total. The fourth-order valence-electron chi connectivity index (χ4n) is 1.85. The van der Waals surface area contributed by atoms with E-state index in [1.807, 2.05) is 0 Å². The standard InChI is InChI=1S/C13H14Cl2N2O2/c1-19-13(18)12-5-10(15)7-17(12)6-8-4-9(14)2-3-11(8)16/h2-5,7,13,18H,6,16H2,1H3. The molecule has 1 atom stereocenters. The average molecular weight is 301 g/mol. The topological polar surface area (TPSA) is 60.4 Å². The summed E-state index contributed by atoms with van der Waals surface area (Å²) in [6.45, 7) is 0.453. The van der Waals surface area contributed by atoms with E-state index in [1.54, 1.807) is 35.0 Å². The maximum Gasteiger partial charge on any atom is 0.196 e. The second kappa shape index (κ2) is 5.84. The van der Waals surface area contributed by atoms with Crippen LogP contribution in [0.5, 0.6) is 0 Å². The molecule has 0 saturated carbocycles. The van der Waals surface area contributed by atoms with Gasteiger partial charge in [0.05, 0.1) is 10.7 Å². The summed E-state index contributed by atoms with van der Waals surface area (Å²) in [5.74, 6) is 0. The smallest absolute Gasteiger partial charge is 0.196 e. The summed E-state index contributed by atoms with van der Waals surface area (Å²) >= 11 is 11.9. The van der Waals surface area contributed by atoms with Gasteiger partial charge in [0.25, 0.3) is 0 Å². The number of ether oxygens (including phenoxy) is 1. The molecular weight excluding hydrogens is 287 g/mol. The van der Waals surface area contributed by atoms with E-state index in [0.717, 1.165) is 5.56 Å². The molecule has 0 saturated heterocycles. The second-order valence-corrected chi connectivity index (χ2v) is 5.02. The van der Waals surface area contributed by atoms with Crippen molar-refractivity contribution < 1.29 is 9.84 Å². The number of hydrogen-bond donors (Lipinski definition) is 2.